The summed E-state index contributed by atoms with van der Waals surface area (Å²) in [7, 11) is 0. The monoisotopic (exact) mass is 289 g/mol. The number of benzene rings is 1. The number of nitrogens with zero attached hydrogens (tertiary/aromatic N) is 1. The molecule has 0 aliphatic rings. The van der Waals surface area contributed by atoms with Gasteiger partial charge in [-0.05, 0) is 42.8 Å². The van der Waals surface area contributed by atoms with Gasteiger partial charge in [0, 0.05) is 18.7 Å². The van der Waals surface area contributed by atoms with Crippen LogP contribution in [0.3, 0.4) is 0 Å². The Morgan fingerprint density at radius 2 is 1.95 bits per heavy atom. The summed E-state index contributed by atoms with van der Waals surface area (Å²) in [6.45, 7) is 0.754. The van der Waals surface area contributed by atoms with E-state index in [1.807, 2.05) is 0 Å². The van der Waals surface area contributed by atoms with Crippen LogP contribution in [0.15, 0.2) is 42.6 Å². The summed E-state index contributed by atoms with van der Waals surface area (Å²) in [4.78, 5) is 16.1. The lowest BCUT2D eigenvalue weighted by Crippen LogP contribution is -2.12. The molecule has 1 aromatic heterocycles. The van der Waals surface area contributed by atoms with E-state index in [9.17, 15) is 9.18 Å². The van der Waals surface area contributed by atoms with Gasteiger partial charge in [-0.25, -0.2) is 9.37 Å². The number of aromatic nitrogens is 1. The fourth-order valence-electron chi connectivity index (χ4n) is 1.67. The predicted molar refractivity (Wildman–Crippen MR) is 78.8 cm³/mol. The number of anilines is 2. The van der Waals surface area contributed by atoms with Crippen molar-refractivity contribution in [2.24, 2.45) is 0 Å². The van der Waals surface area contributed by atoms with E-state index in [1.54, 1.807) is 12.1 Å². The van der Waals surface area contributed by atoms with Crippen molar-refractivity contribution in [2.45, 2.75) is 6.42 Å². The molecule has 21 heavy (non-hydrogen) atoms. The van der Waals surface area contributed by atoms with E-state index in [1.165, 1.54) is 30.5 Å². The molecule has 0 saturated heterocycles. The molecule has 3 N–H and O–H groups in total. The molecule has 5 nitrogen and oxygen atoms in total. The maximum absolute atomic E-state index is 12.8. The highest BCUT2D eigenvalue weighted by atomic mass is 19.1. The Morgan fingerprint density at radius 3 is 2.57 bits per heavy atom. The van der Waals surface area contributed by atoms with Crippen LogP contribution in [0.25, 0.3) is 0 Å². The summed E-state index contributed by atoms with van der Waals surface area (Å²) in [6, 6.07) is 8.77. The van der Waals surface area contributed by atoms with Gasteiger partial charge in [0.2, 0.25) is 0 Å². The first-order valence-corrected chi connectivity index (χ1v) is 6.57. The number of aliphatic hydroxyl groups excluding tert-OH is 1. The quantitative estimate of drug-likeness (QED) is 0.713. The van der Waals surface area contributed by atoms with Gasteiger partial charge in [0.25, 0.3) is 5.91 Å². The molecular formula is C15H16FN3O2. The molecule has 1 amide bonds. The average Bonchev–Trinajstić information content (AvgIpc) is 2.50. The maximum Gasteiger partial charge on any atom is 0.255 e. The Hall–Kier alpha value is -2.47. The second-order valence-corrected chi connectivity index (χ2v) is 4.40. The van der Waals surface area contributed by atoms with E-state index in [0.717, 1.165) is 0 Å². The molecule has 2 rings (SSSR count). The van der Waals surface area contributed by atoms with Gasteiger partial charge in [0.05, 0.1) is 11.9 Å². The van der Waals surface area contributed by atoms with Gasteiger partial charge < -0.3 is 15.7 Å². The molecule has 110 valence electrons. The van der Waals surface area contributed by atoms with Crippen molar-refractivity contribution in [1.82, 2.24) is 4.98 Å². The number of halogens is 1. The van der Waals surface area contributed by atoms with Crippen LogP contribution in [-0.2, 0) is 0 Å². The van der Waals surface area contributed by atoms with Gasteiger partial charge in [-0.15, -0.1) is 0 Å². The minimum Gasteiger partial charge on any atom is -0.396 e. The highest BCUT2D eigenvalue weighted by molar-refractivity contribution is 6.04. The summed E-state index contributed by atoms with van der Waals surface area (Å²) in [5.74, 6) is -0.0347. The fraction of sp³-hybridized carbons (Fsp3) is 0.200. The predicted octanol–water partition coefficient (Wildman–Crippen LogP) is 2.27. The number of amides is 1. The van der Waals surface area contributed by atoms with E-state index in [-0.39, 0.29) is 18.3 Å². The van der Waals surface area contributed by atoms with Gasteiger partial charge >= 0.3 is 0 Å². The zero-order chi connectivity index (χ0) is 15.1. The van der Waals surface area contributed by atoms with Crippen LogP contribution in [0, 0.1) is 5.82 Å². The van der Waals surface area contributed by atoms with Crippen molar-refractivity contribution in [3.8, 4) is 0 Å². The highest BCUT2D eigenvalue weighted by Gasteiger charge is 2.06. The summed E-state index contributed by atoms with van der Waals surface area (Å²) in [6.07, 6.45) is 2.17. The van der Waals surface area contributed by atoms with Crippen LogP contribution >= 0.6 is 0 Å². The fourth-order valence-corrected chi connectivity index (χ4v) is 1.67. The molecule has 1 heterocycles. The summed E-state index contributed by atoms with van der Waals surface area (Å²) < 4.78 is 12.8. The van der Waals surface area contributed by atoms with E-state index >= 15 is 0 Å². The Kier molecular flexibility index (Phi) is 5.22. The number of hydrogen-bond acceptors (Lipinski definition) is 4. The van der Waals surface area contributed by atoms with Crippen molar-refractivity contribution in [3.63, 3.8) is 0 Å². The smallest absolute Gasteiger partial charge is 0.255 e. The largest absolute Gasteiger partial charge is 0.396 e. The normalized spacial score (nSPS) is 10.2. The molecule has 0 aliphatic heterocycles. The molecule has 0 bridgehead atoms. The van der Waals surface area contributed by atoms with Gasteiger partial charge in [-0.1, -0.05) is 0 Å². The van der Waals surface area contributed by atoms with Crippen LogP contribution in [0.1, 0.15) is 16.8 Å². The van der Waals surface area contributed by atoms with Crippen molar-refractivity contribution < 1.29 is 14.3 Å². The number of carbonyl (C=O) groups excluding carboxylic acids is 1. The van der Waals surface area contributed by atoms with E-state index in [2.05, 4.69) is 15.6 Å². The Labute approximate surface area is 121 Å². The summed E-state index contributed by atoms with van der Waals surface area (Å²) in [5, 5.41) is 14.4. The number of aliphatic hydroxyl groups is 1. The zero-order valence-electron chi connectivity index (χ0n) is 11.3. The highest BCUT2D eigenvalue weighted by Crippen LogP contribution is 2.12. The standard InChI is InChI=1S/C15H16FN3O2/c16-12-4-2-11(3-5-12)15(21)19-13-6-7-14(18-10-13)17-8-1-9-20/h2-7,10,20H,1,8-9H2,(H,17,18)(H,19,21). The third-order valence-corrected chi connectivity index (χ3v) is 2.77. The second kappa shape index (κ2) is 7.35. The maximum atomic E-state index is 12.8. The Morgan fingerprint density at radius 1 is 1.19 bits per heavy atom. The van der Waals surface area contributed by atoms with Crippen molar-refractivity contribution in [1.29, 1.82) is 0 Å². The Balaban J connectivity index is 1.93. The number of hydrogen-bond donors (Lipinski definition) is 3. The molecule has 1 aromatic carbocycles. The van der Waals surface area contributed by atoms with Gasteiger partial charge in [0.1, 0.15) is 11.6 Å². The molecule has 0 fully saturated rings. The lowest BCUT2D eigenvalue weighted by molar-refractivity contribution is 0.102. The van der Waals surface area contributed by atoms with Crippen LogP contribution < -0.4 is 10.6 Å². The van der Waals surface area contributed by atoms with Crippen molar-refractivity contribution >= 4 is 17.4 Å². The molecule has 0 radical (unpaired) electrons. The summed E-state index contributed by atoms with van der Waals surface area (Å²) >= 11 is 0. The topological polar surface area (TPSA) is 74.2 Å². The van der Waals surface area contributed by atoms with E-state index in [0.29, 0.717) is 30.0 Å². The van der Waals surface area contributed by atoms with Crippen LogP contribution in [0.5, 0.6) is 0 Å². The molecular weight excluding hydrogens is 273 g/mol. The SMILES string of the molecule is O=C(Nc1ccc(NCCCO)nc1)c1ccc(F)cc1. The second-order valence-electron chi connectivity index (χ2n) is 4.40. The molecule has 6 heteroatoms. The lowest BCUT2D eigenvalue weighted by Gasteiger charge is -2.07. The number of pyridine rings is 1. The van der Waals surface area contributed by atoms with E-state index in [4.69, 9.17) is 5.11 Å². The minimum absolute atomic E-state index is 0.124. The van der Waals surface area contributed by atoms with Gasteiger partial charge in [0.15, 0.2) is 0 Å². The minimum atomic E-state index is -0.383. The van der Waals surface area contributed by atoms with E-state index < -0.39 is 0 Å². The third kappa shape index (κ3) is 4.54. The van der Waals surface area contributed by atoms with Crippen molar-refractivity contribution in [2.75, 3.05) is 23.8 Å². The molecule has 0 saturated carbocycles. The van der Waals surface area contributed by atoms with Crippen LogP contribution in [0.4, 0.5) is 15.9 Å². The van der Waals surface area contributed by atoms with Crippen molar-refractivity contribution in [3.05, 3.63) is 54.0 Å². The Bertz CT molecular complexity index is 585. The molecule has 0 atom stereocenters. The molecule has 0 spiro atoms. The van der Waals surface area contributed by atoms with Crippen LogP contribution in [-0.4, -0.2) is 29.1 Å². The summed E-state index contributed by atoms with van der Waals surface area (Å²) in [5.41, 5.74) is 0.929. The zero-order valence-corrected chi connectivity index (χ0v) is 11.3. The number of nitrogens with one attached hydrogen (secondary N) is 2. The van der Waals surface area contributed by atoms with Gasteiger partial charge in [-0.3, -0.25) is 4.79 Å². The number of carbonyl (C=O) groups is 1. The lowest BCUT2D eigenvalue weighted by atomic mass is 10.2. The molecule has 2 aromatic rings. The molecule has 0 unspecified atom stereocenters. The first-order chi connectivity index (χ1) is 10.2. The first kappa shape index (κ1) is 14.9. The number of rotatable bonds is 6. The molecule has 0 aliphatic carbocycles. The average molecular weight is 289 g/mol. The first-order valence-electron chi connectivity index (χ1n) is 6.57. The van der Waals surface area contributed by atoms with Crippen LogP contribution in [0.2, 0.25) is 0 Å². The third-order valence-electron chi connectivity index (χ3n) is 2.77. The van der Waals surface area contributed by atoms with Gasteiger partial charge in [-0.2, -0.15) is 0 Å².